The molecule has 0 spiro atoms. The lowest BCUT2D eigenvalue weighted by atomic mass is 10.0. The Kier molecular flexibility index (Phi) is 4.49. The van der Waals surface area contributed by atoms with E-state index < -0.39 is 0 Å². The number of aryl methyl sites for hydroxylation is 1. The maximum Gasteiger partial charge on any atom is 0.130 e. The van der Waals surface area contributed by atoms with Gasteiger partial charge in [-0.2, -0.15) is 0 Å². The van der Waals surface area contributed by atoms with Gasteiger partial charge in [-0.1, -0.05) is 44.2 Å². The maximum absolute atomic E-state index is 6.06. The van der Waals surface area contributed by atoms with Gasteiger partial charge in [-0.25, -0.2) is 0 Å². The minimum Gasteiger partial charge on any atom is -0.457 e. The summed E-state index contributed by atoms with van der Waals surface area (Å²) in [6.07, 6.45) is 0. The van der Waals surface area contributed by atoms with Crippen LogP contribution in [0, 0.1) is 6.92 Å². The van der Waals surface area contributed by atoms with Crippen molar-refractivity contribution in [2.45, 2.75) is 32.6 Å². The lowest BCUT2D eigenvalue weighted by molar-refractivity contribution is 0.469. The Labute approximate surface area is 120 Å². The zero-order valence-corrected chi connectivity index (χ0v) is 12.4. The molecule has 0 aromatic heterocycles. The lowest BCUT2D eigenvalue weighted by Gasteiger charge is -2.15. The summed E-state index contributed by atoms with van der Waals surface area (Å²) in [6.45, 7) is 6.39. The summed E-state index contributed by atoms with van der Waals surface area (Å²) in [5.74, 6) is 2.80. The molecule has 0 amide bonds. The van der Waals surface area contributed by atoms with E-state index in [1.54, 1.807) is 0 Å². The van der Waals surface area contributed by atoms with E-state index in [4.69, 9.17) is 16.3 Å². The van der Waals surface area contributed by atoms with E-state index in [0.29, 0.717) is 11.8 Å². The van der Waals surface area contributed by atoms with Crippen molar-refractivity contribution in [2.24, 2.45) is 0 Å². The van der Waals surface area contributed by atoms with Gasteiger partial charge in [0.05, 0.1) is 0 Å². The molecule has 0 saturated carbocycles. The van der Waals surface area contributed by atoms with Crippen LogP contribution < -0.4 is 4.74 Å². The summed E-state index contributed by atoms with van der Waals surface area (Å²) in [4.78, 5) is 0. The first kappa shape index (κ1) is 14.0. The minimum absolute atomic E-state index is 0.443. The molecule has 0 aliphatic rings. The van der Waals surface area contributed by atoms with Crippen molar-refractivity contribution in [3.8, 4) is 11.5 Å². The van der Waals surface area contributed by atoms with Crippen molar-refractivity contribution in [2.75, 3.05) is 0 Å². The zero-order chi connectivity index (χ0) is 13.8. The van der Waals surface area contributed by atoms with Crippen molar-refractivity contribution in [3.63, 3.8) is 0 Å². The maximum atomic E-state index is 6.06. The predicted molar refractivity (Wildman–Crippen MR) is 81.3 cm³/mol. The molecule has 0 unspecified atom stereocenters. The van der Waals surface area contributed by atoms with Crippen LogP contribution in [0.4, 0.5) is 0 Å². The highest BCUT2D eigenvalue weighted by molar-refractivity contribution is 6.17. The normalized spacial score (nSPS) is 10.8. The second-order valence-electron chi connectivity index (χ2n) is 5.03. The molecule has 2 aromatic rings. The molecule has 0 saturated heterocycles. The number of benzene rings is 2. The Morgan fingerprint density at radius 3 is 2.42 bits per heavy atom. The Morgan fingerprint density at radius 2 is 1.79 bits per heavy atom. The van der Waals surface area contributed by atoms with Gasteiger partial charge in [-0.3, -0.25) is 0 Å². The molecule has 2 aromatic carbocycles. The summed E-state index contributed by atoms with van der Waals surface area (Å²) in [5.41, 5.74) is 3.45. The standard InChI is InChI=1S/C17H19ClO/c1-12(2)15-6-4-5-7-17(15)19-16-9-8-14(11-18)10-13(16)3/h4-10,12H,11H2,1-3H3. The molecule has 100 valence electrons. The number of ether oxygens (including phenoxy) is 1. The first-order valence-electron chi connectivity index (χ1n) is 6.54. The van der Waals surface area contributed by atoms with Crippen molar-refractivity contribution in [1.82, 2.24) is 0 Å². The SMILES string of the molecule is Cc1cc(CCl)ccc1Oc1ccccc1C(C)C. The smallest absolute Gasteiger partial charge is 0.130 e. The lowest BCUT2D eigenvalue weighted by Crippen LogP contribution is -1.95. The molecule has 0 aliphatic heterocycles. The van der Waals surface area contributed by atoms with E-state index in [0.717, 1.165) is 22.6 Å². The molecule has 2 rings (SSSR count). The molecule has 0 aliphatic carbocycles. The van der Waals surface area contributed by atoms with Crippen LogP contribution >= 0.6 is 11.6 Å². The van der Waals surface area contributed by atoms with Crippen LogP contribution in [-0.2, 0) is 5.88 Å². The fourth-order valence-corrected chi connectivity index (χ4v) is 2.24. The number of halogens is 1. The fraction of sp³-hybridized carbons (Fsp3) is 0.294. The molecule has 0 N–H and O–H groups in total. The largest absolute Gasteiger partial charge is 0.457 e. The molecule has 1 nitrogen and oxygen atoms in total. The molecular weight excluding hydrogens is 256 g/mol. The molecule has 0 fully saturated rings. The number of alkyl halides is 1. The zero-order valence-electron chi connectivity index (χ0n) is 11.6. The summed E-state index contributed by atoms with van der Waals surface area (Å²) in [7, 11) is 0. The Balaban J connectivity index is 2.31. The monoisotopic (exact) mass is 274 g/mol. The van der Waals surface area contributed by atoms with E-state index in [1.165, 1.54) is 5.56 Å². The highest BCUT2D eigenvalue weighted by atomic mass is 35.5. The molecule has 0 atom stereocenters. The van der Waals surface area contributed by atoms with Gasteiger partial charge in [-0.15, -0.1) is 11.6 Å². The van der Waals surface area contributed by atoms with Crippen LogP contribution in [0.25, 0.3) is 0 Å². The van der Waals surface area contributed by atoms with Gasteiger partial charge in [0.2, 0.25) is 0 Å². The third-order valence-corrected chi connectivity index (χ3v) is 3.46. The van der Waals surface area contributed by atoms with Crippen molar-refractivity contribution < 1.29 is 4.74 Å². The average molecular weight is 275 g/mol. The number of para-hydroxylation sites is 1. The first-order chi connectivity index (χ1) is 9.11. The first-order valence-corrected chi connectivity index (χ1v) is 7.07. The number of rotatable bonds is 4. The van der Waals surface area contributed by atoms with Crippen LogP contribution in [0.2, 0.25) is 0 Å². The molecular formula is C17H19ClO. The third-order valence-electron chi connectivity index (χ3n) is 3.15. The molecule has 19 heavy (non-hydrogen) atoms. The summed E-state index contributed by atoms with van der Waals surface area (Å²) >= 11 is 5.84. The van der Waals surface area contributed by atoms with Crippen molar-refractivity contribution in [3.05, 3.63) is 59.2 Å². The van der Waals surface area contributed by atoms with Gasteiger partial charge in [0.1, 0.15) is 11.5 Å². The Morgan fingerprint density at radius 1 is 1.05 bits per heavy atom. The van der Waals surface area contributed by atoms with Crippen molar-refractivity contribution >= 4 is 11.6 Å². The Hall–Kier alpha value is -1.47. The molecule has 0 radical (unpaired) electrons. The fourth-order valence-electron chi connectivity index (χ4n) is 2.08. The van der Waals surface area contributed by atoms with Gasteiger partial charge in [0.25, 0.3) is 0 Å². The van der Waals surface area contributed by atoms with Crippen LogP contribution in [0.3, 0.4) is 0 Å². The third kappa shape index (κ3) is 3.30. The average Bonchev–Trinajstić information content (AvgIpc) is 2.41. The van der Waals surface area contributed by atoms with Gasteiger partial charge in [0, 0.05) is 5.88 Å². The summed E-state index contributed by atoms with van der Waals surface area (Å²) < 4.78 is 6.06. The highest BCUT2D eigenvalue weighted by Crippen LogP contribution is 2.32. The van der Waals surface area contributed by atoms with E-state index in [9.17, 15) is 0 Å². The van der Waals surface area contributed by atoms with Gasteiger partial charge in [0.15, 0.2) is 0 Å². The van der Waals surface area contributed by atoms with Gasteiger partial charge in [-0.05, 0) is 41.7 Å². The van der Waals surface area contributed by atoms with Crippen LogP contribution in [0.1, 0.15) is 36.5 Å². The van der Waals surface area contributed by atoms with Crippen LogP contribution in [0.5, 0.6) is 11.5 Å². The van der Waals surface area contributed by atoms with Crippen LogP contribution in [-0.4, -0.2) is 0 Å². The summed E-state index contributed by atoms with van der Waals surface area (Å²) in [5, 5.41) is 0. The van der Waals surface area contributed by atoms with E-state index in [1.807, 2.05) is 37.3 Å². The highest BCUT2D eigenvalue weighted by Gasteiger charge is 2.09. The molecule has 0 bridgehead atoms. The number of hydrogen-bond acceptors (Lipinski definition) is 1. The van der Waals surface area contributed by atoms with E-state index in [2.05, 4.69) is 26.0 Å². The van der Waals surface area contributed by atoms with Gasteiger partial charge < -0.3 is 4.74 Å². The molecule has 0 heterocycles. The predicted octanol–water partition coefficient (Wildman–Crippen LogP) is 5.65. The van der Waals surface area contributed by atoms with Gasteiger partial charge >= 0.3 is 0 Å². The second kappa shape index (κ2) is 6.12. The topological polar surface area (TPSA) is 9.23 Å². The number of hydrogen-bond donors (Lipinski definition) is 0. The van der Waals surface area contributed by atoms with E-state index >= 15 is 0 Å². The van der Waals surface area contributed by atoms with Crippen LogP contribution in [0.15, 0.2) is 42.5 Å². The molecule has 2 heteroatoms. The quantitative estimate of drug-likeness (QED) is 0.655. The summed E-state index contributed by atoms with van der Waals surface area (Å²) in [6, 6.07) is 14.2. The van der Waals surface area contributed by atoms with E-state index in [-0.39, 0.29) is 0 Å². The Bertz CT molecular complexity index is 561. The second-order valence-corrected chi connectivity index (χ2v) is 5.30. The van der Waals surface area contributed by atoms with Crippen molar-refractivity contribution in [1.29, 1.82) is 0 Å². The minimum atomic E-state index is 0.443.